The second-order valence-electron chi connectivity index (χ2n) is 2.80. The lowest BCUT2D eigenvalue weighted by Gasteiger charge is -1.99. The molecule has 0 aromatic carbocycles. The summed E-state index contributed by atoms with van der Waals surface area (Å²) >= 11 is 0. The number of aromatic nitrogens is 3. The number of nitrogen functional groups attached to an aromatic ring is 2. The lowest BCUT2D eigenvalue weighted by molar-refractivity contribution is 0.533. The molecule has 14 heavy (non-hydrogen) atoms. The summed E-state index contributed by atoms with van der Waals surface area (Å²) in [4.78, 5) is 3.89. The van der Waals surface area contributed by atoms with Gasteiger partial charge in [-0.05, 0) is 12.1 Å². The van der Waals surface area contributed by atoms with Crippen LogP contribution < -0.4 is 11.5 Å². The van der Waals surface area contributed by atoms with E-state index < -0.39 is 0 Å². The van der Waals surface area contributed by atoms with Gasteiger partial charge in [-0.15, -0.1) is 10.2 Å². The van der Waals surface area contributed by atoms with Gasteiger partial charge in [-0.1, -0.05) is 0 Å². The Labute approximate surface area is 80.0 Å². The summed E-state index contributed by atoms with van der Waals surface area (Å²) < 4.78 is 5.21. The molecule has 0 saturated heterocycles. The Morgan fingerprint density at radius 1 is 1.21 bits per heavy atom. The molecule has 0 fully saturated rings. The van der Waals surface area contributed by atoms with Crippen LogP contribution in [0.25, 0.3) is 11.5 Å². The number of rotatable bonds is 1. The minimum Gasteiger partial charge on any atom is -0.421 e. The van der Waals surface area contributed by atoms with Crippen LogP contribution in [0.3, 0.4) is 0 Å². The first-order valence-electron chi connectivity index (χ1n) is 3.99. The third-order valence-electron chi connectivity index (χ3n) is 1.70. The summed E-state index contributed by atoms with van der Waals surface area (Å²) in [6, 6.07) is 3.33. The van der Waals surface area contributed by atoms with Crippen molar-refractivity contribution >= 4 is 11.6 Å². The zero-order valence-electron chi connectivity index (χ0n) is 7.56. The van der Waals surface area contributed by atoms with Crippen LogP contribution in [0.2, 0.25) is 0 Å². The number of anilines is 2. The fraction of sp³-hybridized carbons (Fsp3) is 0.125. The van der Waals surface area contributed by atoms with E-state index in [9.17, 15) is 0 Å². The third-order valence-corrected chi connectivity index (χ3v) is 1.70. The molecule has 4 N–H and O–H groups in total. The fourth-order valence-electron chi connectivity index (χ4n) is 1.08. The van der Waals surface area contributed by atoms with Crippen molar-refractivity contribution in [2.75, 3.05) is 11.5 Å². The van der Waals surface area contributed by atoms with Gasteiger partial charge in [0.1, 0.15) is 11.6 Å². The topological polar surface area (TPSA) is 104 Å². The van der Waals surface area contributed by atoms with Crippen LogP contribution >= 0.6 is 0 Å². The maximum atomic E-state index is 5.64. The highest BCUT2D eigenvalue weighted by atomic mass is 16.4. The van der Waals surface area contributed by atoms with E-state index in [0.717, 1.165) is 0 Å². The van der Waals surface area contributed by atoms with Gasteiger partial charge in [-0.2, -0.15) is 0 Å². The second-order valence-corrected chi connectivity index (χ2v) is 2.80. The van der Waals surface area contributed by atoms with E-state index in [0.29, 0.717) is 23.2 Å². The molecule has 6 nitrogen and oxygen atoms in total. The van der Waals surface area contributed by atoms with Gasteiger partial charge >= 0.3 is 0 Å². The molecule has 0 radical (unpaired) electrons. The molecule has 2 aromatic rings. The Kier molecular flexibility index (Phi) is 1.81. The van der Waals surface area contributed by atoms with Crippen molar-refractivity contribution < 1.29 is 4.42 Å². The molecule has 0 amide bonds. The Morgan fingerprint density at radius 3 is 2.57 bits per heavy atom. The van der Waals surface area contributed by atoms with E-state index in [-0.39, 0.29) is 5.82 Å². The number of hydrogen-bond acceptors (Lipinski definition) is 6. The average molecular weight is 191 g/mol. The minimum atomic E-state index is 0.286. The molecule has 0 aliphatic carbocycles. The zero-order valence-corrected chi connectivity index (χ0v) is 7.56. The van der Waals surface area contributed by atoms with Crippen LogP contribution in [0.15, 0.2) is 16.5 Å². The van der Waals surface area contributed by atoms with Gasteiger partial charge in [0.05, 0.1) is 5.56 Å². The molecule has 72 valence electrons. The number of hydrogen-bond donors (Lipinski definition) is 2. The Balaban J connectivity index is 2.52. The molecule has 0 bridgehead atoms. The number of aryl methyl sites for hydroxylation is 1. The van der Waals surface area contributed by atoms with Gasteiger partial charge in [-0.3, -0.25) is 0 Å². The van der Waals surface area contributed by atoms with E-state index in [1.54, 1.807) is 19.1 Å². The van der Waals surface area contributed by atoms with Crippen molar-refractivity contribution in [3.05, 3.63) is 18.0 Å². The van der Waals surface area contributed by atoms with E-state index in [1.165, 1.54) is 0 Å². The largest absolute Gasteiger partial charge is 0.421 e. The molecule has 2 aromatic heterocycles. The molecule has 0 atom stereocenters. The van der Waals surface area contributed by atoms with E-state index >= 15 is 0 Å². The molecule has 0 aliphatic rings. The quantitative estimate of drug-likeness (QED) is 0.684. The average Bonchev–Trinajstić information content (AvgIpc) is 2.51. The van der Waals surface area contributed by atoms with Crippen LogP contribution in [0.1, 0.15) is 5.89 Å². The molecular formula is C8H9N5O. The molecule has 0 spiro atoms. The standard InChI is InChI=1S/C8H9N5O/c1-4-12-13-8(14-4)5-2-3-6(9)11-7(5)10/h2-3H,1H3,(H4,9,10,11). The summed E-state index contributed by atoms with van der Waals surface area (Å²) in [6.45, 7) is 1.71. The van der Waals surface area contributed by atoms with Gasteiger partial charge in [0.25, 0.3) is 5.89 Å². The Morgan fingerprint density at radius 2 is 2.00 bits per heavy atom. The van der Waals surface area contributed by atoms with Gasteiger partial charge in [-0.25, -0.2) is 4.98 Å². The summed E-state index contributed by atoms with van der Waals surface area (Å²) in [6.07, 6.45) is 0. The van der Waals surface area contributed by atoms with Gasteiger partial charge in [0.2, 0.25) is 5.89 Å². The number of pyridine rings is 1. The first-order chi connectivity index (χ1) is 6.66. The highest BCUT2D eigenvalue weighted by Gasteiger charge is 2.10. The van der Waals surface area contributed by atoms with E-state index in [2.05, 4.69) is 15.2 Å². The van der Waals surface area contributed by atoms with Crippen molar-refractivity contribution in [2.24, 2.45) is 0 Å². The lowest BCUT2D eigenvalue weighted by atomic mass is 10.2. The van der Waals surface area contributed by atoms with Gasteiger partial charge in [0, 0.05) is 6.92 Å². The molecule has 0 unspecified atom stereocenters. The van der Waals surface area contributed by atoms with Crippen molar-refractivity contribution in [3.8, 4) is 11.5 Å². The molecule has 2 rings (SSSR count). The highest BCUT2D eigenvalue weighted by molar-refractivity contribution is 5.68. The molecule has 0 aliphatic heterocycles. The monoisotopic (exact) mass is 191 g/mol. The van der Waals surface area contributed by atoms with Crippen molar-refractivity contribution in [3.63, 3.8) is 0 Å². The smallest absolute Gasteiger partial charge is 0.251 e. The highest BCUT2D eigenvalue weighted by Crippen LogP contribution is 2.23. The normalized spacial score (nSPS) is 10.4. The van der Waals surface area contributed by atoms with Crippen LogP contribution in [-0.2, 0) is 0 Å². The lowest BCUT2D eigenvalue weighted by Crippen LogP contribution is -1.98. The number of nitrogens with zero attached hydrogens (tertiary/aromatic N) is 3. The SMILES string of the molecule is Cc1nnc(-c2ccc(N)nc2N)o1. The predicted octanol–water partition coefficient (Wildman–Crippen LogP) is 0.604. The summed E-state index contributed by atoms with van der Waals surface area (Å²) in [5.41, 5.74) is 11.7. The van der Waals surface area contributed by atoms with Gasteiger partial charge < -0.3 is 15.9 Å². The summed E-state index contributed by atoms with van der Waals surface area (Å²) in [5, 5.41) is 7.52. The Bertz CT molecular complexity index is 465. The maximum Gasteiger partial charge on any atom is 0.251 e. The van der Waals surface area contributed by atoms with Crippen molar-refractivity contribution in [2.45, 2.75) is 6.92 Å². The zero-order chi connectivity index (χ0) is 10.1. The molecular weight excluding hydrogens is 182 g/mol. The maximum absolute atomic E-state index is 5.64. The minimum absolute atomic E-state index is 0.286. The first-order valence-corrected chi connectivity index (χ1v) is 3.99. The predicted molar refractivity (Wildman–Crippen MR) is 51.1 cm³/mol. The Hall–Kier alpha value is -2.11. The van der Waals surface area contributed by atoms with Crippen LogP contribution in [-0.4, -0.2) is 15.2 Å². The molecule has 2 heterocycles. The molecule has 6 heteroatoms. The fourth-order valence-corrected chi connectivity index (χ4v) is 1.08. The van der Waals surface area contributed by atoms with E-state index in [4.69, 9.17) is 15.9 Å². The van der Waals surface area contributed by atoms with Crippen molar-refractivity contribution in [1.29, 1.82) is 0 Å². The van der Waals surface area contributed by atoms with E-state index in [1.807, 2.05) is 0 Å². The summed E-state index contributed by atoms with van der Waals surface area (Å²) in [7, 11) is 0. The van der Waals surface area contributed by atoms with Gasteiger partial charge in [0.15, 0.2) is 0 Å². The van der Waals surface area contributed by atoms with Crippen LogP contribution in [0, 0.1) is 6.92 Å². The third kappa shape index (κ3) is 1.37. The molecule has 0 saturated carbocycles. The van der Waals surface area contributed by atoms with Crippen LogP contribution in [0.5, 0.6) is 0 Å². The van der Waals surface area contributed by atoms with Crippen molar-refractivity contribution in [1.82, 2.24) is 15.2 Å². The summed E-state index contributed by atoms with van der Waals surface area (Å²) in [5.74, 6) is 1.49. The van der Waals surface area contributed by atoms with Crippen LogP contribution in [0.4, 0.5) is 11.6 Å². The number of nitrogens with two attached hydrogens (primary N) is 2. The second kappa shape index (κ2) is 2.99. The first kappa shape index (κ1) is 8.49.